The van der Waals surface area contributed by atoms with Crippen molar-refractivity contribution in [2.75, 3.05) is 0 Å². The summed E-state index contributed by atoms with van der Waals surface area (Å²) in [6.45, 7) is 0. The zero-order chi connectivity index (χ0) is 17.9. The number of carbonyl (C=O) groups excluding carboxylic acids is 1. The number of esters is 1. The van der Waals surface area contributed by atoms with Gasteiger partial charge >= 0.3 is 11.2 Å². The lowest BCUT2D eigenvalue weighted by molar-refractivity contribution is -0.201. The van der Waals surface area contributed by atoms with E-state index < -0.39 is 39.3 Å². The van der Waals surface area contributed by atoms with E-state index in [1.165, 1.54) is 0 Å². The first kappa shape index (κ1) is 17.9. The second kappa shape index (κ2) is 5.55. The van der Waals surface area contributed by atoms with Gasteiger partial charge < -0.3 is 9.29 Å². The van der Waals surface area contributed by atoms with E-state index in [0.29, 0.717) is 19.3 Å². The number of alkyl halides is 4. The van der Waals surface area contributed by atoms with Crippen LogP contribution in [0.2, 0.25) is 0 Å². The van der Waals surface area contributed by atoms with Gasteiger partial charge in [0.15, 0.2) is 10.1 Å². The fourth-order valence-corrected chi connectivity index (χ4v) is 5.45. The van der Waals surface area contributed by atoms with Crippen LogP contribution in [0.4, 0.5) is 17.6 Å². The molecule has 0 saturated heterocycles. The van der Waals surface area contributed by atoms with Crippen LogP contribution in [0.5, 0.6) is 0 Å². The first-order chi connectivity index (χ1) is 10.9. The highest BCUT2D eigenvalue weighted by Crippen LogP contribution is 2.60. The Labute approximate surface area is 136 Å². The van der Waals surface area contributed by atoms with Gasteiger partial charge in [0.2, 0.25) is 6.10 Å². The normalized spacial score (nSPS) is 36.8. The van der Waals surface area contributed by atoms with Gasteiger partial charge in [-0.1, -0.05) is 0 Å². The molecule has 0 N–H and O–H groups in total. The van der Waals surface area contributed by atoms with Crippen molar-refractivity contribution in [3.05, 3.63) is 0 Å². The Morgan fingerprint density at radius 2 is 1.50 bits per heavy atom. The van der Waals surface area contributed by atoms with Crippen LogP contribution in [-0.2, 0) is 19.6 Å². The standard InChI is InChI=1S/C14H18F4O5S/c15-11(16)10(14(17,18)24(20,21)22)23-12(19)13-4-7-1-8(5-13)3-9(2-7)6-13/h7-11H,1-6H2,(H,20,21,22)/p-1. The van der Waals surface area contributed by atoms with Gasteiger partial charge in [0, 0.05) is 0 Å². The Hall–Kier alpha value is -0.900. The Bertz CT molecular complexity index is 598. The van der Waals surface area contributed by atoms with Gasteiger partial charge in [0.25, 0.3) is 6.43 Å². The Morgan fingerprint density at radius 1 is 1.08 bits per heavy atom. The van der Waals surface area contributed by atoms with E-state index >= 15 is 0 Å². The quantitative estimate of drug-likeness (QED) is 0.420. The summed E-state index contributed by atoms with van der Waals surface area (Å²) in [5.74, 6) is -0.525. The van der Waals surface area contributed by atoms with E-state index in [9.17, 15) is 35.3 Å². The van der Waals surface area contributed by atoms with Crippen LogP contribution in [0.1, 0.15) is 38.5 Å². The predicted molar refractivity (Wildman–Crippen MR) is 71.1 cm³/mol. The second-order valence-electron chi connectivity index (χ2n) is 7.37. The largest absolute Gasteiger partial charge is 0.743 e. The van der Waals surface area contributed by atoms with Crippen LogP contribution >= 0.6 is 0 Å². The lowest BCUT2D eigenvalue weighted by Gasteiger charge is -2.55. The third kappa shape index (κ3) is 2.81. The van der Waals surface area contributed by atoms with Gasteiger partial charge in [0.05, 0.1) is 5.41 Å². The Morgan fingerprint density at radius 3 is 1.83 bits per heavy atom. The molecule has 10 heteroatoms. The molecular formula is C14H17F4O5S-. The highest BCUT2D eigenvalue weighted by Gasteiger charge is 2.59. The van der Waals surface area contributed by atoms with Crippen molar-refractivity contribution in [2.45, 2.75) is 56.3 Å². The van der Waals surface area contributed by atoms with Gasteiger partial charge in [-0.25, -0.2) is 17.2 Å². The van der Waals surface area contributed by atoms with Crippen molar-refractivity contribution < 1.29 is 40.1 Å². The van der Waals surface area contributed by atoms with E-state index in [2.05, 4.69) is 4.74 Å². The summed E-state index contributed by atoms with van der Waals surface area (Å²) in [5, 5.41) is -5.38. The van der Waals surface area contributed by atoms with E-state index in [-0.39, 0.29) is 17.8 Å². The number of halogens is 4. The summed E-state index contributed by atoms with van der Waals surface area (Å²) >= 11 is 0. The van der Waals surface area contributed by atoms with Crippen LogP contribution < -0.4 is 0 Å². The van der Waals surface area contributed by atoms with E-state index in [0.717, 1.165) is 19.3 Å². The van der Waals surface area contributed by atoms with Crippen molar-refractivity contribution >= 4 is 16.1 Å². The molecule has 138 valence electrons. The van der Waals surface area contributed by atoms with Crippen LogP contribution in [0, 0.1) is 23.2 Å². The molecule has 0 spiro atoms. The molecule has 5 nitrogen and oxygen atoms in total. The predicted octanol–water partition coefficient (Wildman–Crippen LogP) is 2.52. The SMILES string of the molecule is O=C(OC(C(F)F)C(F)(F)S(=O)(=O)[O-])C12CC3CC(CC(C3)C1)C2. The van der Waals surface area contributed by atoms with Crippen molar-refractivity contribution in [1.29, 1.82) is 0 Å². The first-order valence-electron chi connectivity index (χ1n) is 7.77. The molecule has 24 heavy (non-hydrogen) atoms. The molecule has 4 rings (SSSR count). The van der Waals surface area contributed by atoms with Gasteiger partial charge in [0.1, 0.15) is 0 Å². The fourth-order valence-electron chi connectivity index (χ4n) is 5.01. The third-order valence-electron chi connectivity index (χ3n) is 5.60. The van der Waals surface area contributed by atoms with Crippen molar-refractivity contribution in [3.63, 3.8) is 0 Å². The van der Waals surface area contributed by atoms with Crippen molar-refractivity contribution in [2.24, 2.45) is 23.2 Å². The zero-order valence-electron chi connectivity index (χ0n) is 12.6. The van der Waals surface area contributed by atoms with Gasteiger partial charge in [-0.15, -0.1) is 0 Å². The number of carbonyl (C=O) groups is 1. The maximum Gasteiger partial charge on any atom is 0.375 e. The summed E-state index contributed by atoms with van der Waals surface area (Å²) < 4.78 is 88.9. The molecule has 0 radical (unpaired) electrons. The molecule has 0 aromatic heterocycles. The maximum atomic E-state index is 13.5. The molecule has 4 aliphatic carbocycles. The lowest BCUT2D eigenvalue weighted by Crippen LogP contribution is -2.54. The number of hydrogen-bond donors (Lipinski definition) is 0. The molecule has 4 aliphatic rings. The minimum absolute atomic E-state index is 0.234. The zero-order valence-corrected chi connectivity index (χ0v) is 13.4. The fraction of sp³-hybridized carbons (Fsp3) is 0.929. The van der Waals surface area contributed by atoms with Gasteiger partial charge in [-0.05, 0) is 56.3 Å². The Balaban J connectivity index is 1.82. The summed E-state index contributed by atoms with van der Waals surface area (Å²) in [5.41, 5.74) is -1.11. The minimum atomic E-state index is -6.39. The molecule has 4 fully saturated rings. The topological polar surface area (TPSA) is 83.5 Å². The van der Waals surface area contributed by atoms with Gasteiger partial charge in [-0.2, -0.15) is 8.78 Å². The smallest absolute Gasteiger partial charge is 0.375 e. The Kier molecular flexibility index (Phi) is 4.14. The first-order valence-corrected chi connectivity index (χ1v) is 9.18. The molecule has 0 aromatic rings. The summed E-state index contributed by atoms with van der Waals surface area (Å²) in [7, 11) is -6.39. The van der Waals surface area contributed by atoms with Crippen LogP contribution in [-0.4, -0.2) is 36.7 Å². The number of hydrogen-bond acceptors (Lipinski definition) is 5. The monoisotopic (exact) mass is 373 g/mol. The maximum absolute atomic E-state index is 13.5. The molecule has 0 aliphatic heterocycles. The molecule has 0 heterocycles. The van der Waals surface area contributed by atoms with Gasteiger partial charge in [-0.3, -0.25) is 4.79 Å². The van der Waals surface area contributed by atoms with Crippen LogP contribution in [0.15, 0.2) is 0 Å². The van der Waals surface area contributed by atoms with E-state index in [1.807, 2.05) is 0 Å². The van der Waals surface area contributed by atoms with Crippen molar-refractivity contribution in [1.82, 2.24) is 0 Å². The molecule has 4 saturated carbocycles. The molecule has 1 atom stereocenters. The lowest BCUT2D eigenvalue weighted by atomic mass is 9.49. The highest BCUT2D eigenvalue weighted by atomic mass is 32.2. The summed E-state index contributed by atoms with van der Waals surface area (Å²) in [6.07, 6.45) is -3.65. The van der Waals surface area contributed by atoms with Crippen LogP contribution in [0.3, 0.4) is 0 Å². The average Bonchev–Trinajstić information content (AvgIpc) is 2.41. The van der Waals surface area contributed by atoms with Crippen LogP contribution in [0.25, 0.3) is 0 Å². The summed E-state index contributed by atoms with van der Waals surface area (Å²) in [4.78, 5) is 12.4. The highest BCUT2D eigenvalue weighted by molar-refractivity contribution is 7.86. The minimum Gasteiger partial charge on any atom is -0.743 e. The number of ether oxygens (including phenoxy) is 1. The van der Waals surface area contributed by atoms with Crippen molar-refractivity contribution in [3.8, 4) is 0 Å². The molecule has 1 unspecified atom stereocenters. The van der Waals surface area contributed by atoms with E-state index in [4.69, 9.17) is 0 Å². The average molecular weight is 373 g/mol. The second-order valence-corrected chi connectivity index (χ2v) is 8.83. The third-order valence-corrected chi connectivity index (χ3v) is 6.50. The number of rotatable bonds is 5. The molecule has 4 bridgehead atoms. The molecule has 0 aromatic carbocycles. The summed E-state index contributed by atoms with van der Waals surface area (Å²) in [6, 6.07) is 0. The molecular weight excluding hydrogens is 356 g/mol. The molecule has 0 amide bonds. The van der Waals surface area contributed by atoms with E-state index in [1.54, 1.807) is 0 Å².